The van der Waals surface area contributed by atoms with Crippen LogP contribution in [0.2, 0.25) is 0 Å². The third kappa shape index (κ3) is 2.28. The number of rotatable bonds is 3. The van der Waals surface area contributed by atoms with Crippen molar-refractivity contribution in [1.82, 2.24) is 9.55 Å². The molecule has 0 radical (unpaired) electrons. The summed E-state index contributed by atoms with van der Waals surface area (Å²) in [7, 11) is 0. The van der Waals surface area contributed by atoms with E-state index in [1.807, 2.05) is 0 Å². The summed E-state index contributed by atoms with van der Waals surface area (Å²) >= 11 is 0. The van der Waals surface area contributed by atoms with Crippen molar-refractivity contribution in [3.05, 3.63) is 39.2 Å². The largest absolute Gasteiger partial charge is 0.461 e. The molecule has 0 amide bonds. The number of ether oxygens (including phenoxy) is 1. The van der Waals surface area contributed by atoms with Gasteiger partial charge in [0.05, 0.1) is 6.61 Å². The lowest BCUT2D eigenvalue weighted by Gasteiger charge is -2.07. The first-order valence-corrected chi connectivity index (χ1v) is 4.66. The van der Waals surface area contributed by atoms with E-state index in [2.05, 4.69) is 11.6 Å². The Morgan fingerprint density at radius 3 is 2.75 bits per heavy atom. The quantitative estimate of drug-likeness (QED) is 0.573. The third-order valence-electron chi connectivity index (χ3n) is 1.92. The molecular formula is C10H12N2O4. The molecule has 1 aromatic heterocycles. The van der Waals surface area contributed by atoms with Gasteiger partial charge in [0.2, 0.25) is 0 Å². The third-order valence-corrected chi connectivity index (χ3v) is 1.92. The molecule has 1 rings (SSSR count). The number of nitrogens with one attached hydrogen (secondary N) is 1. The summed E-state index contributed by atoms with van der Waals surface area (Å²) in [5.41, 5.74) is -1.03. The summed E-state index contributed by atoms with van der Waals surface area (Å²) in [6, 6.07) is 0. The zero-order chi connectivity index (χ0) is 12.3. The predicted octanol–water partition coefficient (Wildman–Crippen LogP) is -0.121. The summed E-state index contributed by atoms with van der Waals surface area (Å²) in [4.78, 5) is 35.9. The van der Waals surface area contributed by atoms with E-state index in [-0.39, 0.29) is 12.3 Å². The molecule has 1 aromatic rings. The minimum Gasteiger partial charge on any atom is -0.461 e. The van der Waals surface area contributed by atoms with E-state index < -0.39 is 17.2 Å². The highest BCUT2D eigenvalue weighted by molar-refractivity contribution is 6.08. The molecule has 0 unspecified atom stereocenters. The summed E-state index contributed by atoms with van der Waals surface area (Å²) in [6.07, 6.45) is 1.25. The van der Waals surface area contributed by atoms with E-state index in [4.69, 9.17) is 4.74 Å². The molecule has 1 heterocycles. The van der Waals surface area contributed by atoms with Gasteiger partial charge in [-0.3, -0.25) is 14.3 Å². The van der Waals surface area contributed by atoms with E-state index in [0.717, 1.165) is 4.57 Å². The molecule has 0 aliphatic heterocycles. The number of hydrogen-bond donors (Lipinski definition) is 1. The molecule has 0 fully saturated rings. The van der Waals surface area contributed by atoms with Gasteiger partial charge in [0.25, 0.3) is 5.56 Å². The maximum atomic E-state index is 11.4. The van der Waals surface area contributed by atoms with Crippen molar-refractivity contribution in [2.75, 3.05) is 6.61 Å². The Bertz CT molecular complexity index is 538. The summed E-state index contributed by atoms with van der Waals surface area (Å²) in [5, 5.41) is 0. The number of H-pyrrole nitrogens is 1. The first-order chi connectivity index (χ1) is 7.47. The van der Waals surface area contributed by atoms with Gasteiger partial charge in [0.15, 0.2) is 0 Å². The molecule has 0 saturated heterocycles. The molecule has 6 nitrogen and oxygen atoms in total. The lowest BCUT2D eigenvalue weighted by molar-refractivity contribution is -0.136. The van der Waals surface area contributed by atoms with Crippen LogP contribution < -0.4 is 11.2 Å². The molecule has 0 aliphatic carbocycles. The Hall–Kier alpha value is -2.11. The van der Waals surface area contributed by atoms with Crippen LogP contribution in [0.3, 0.4) is 0 Å². The number of aromatic nitrogens is 2. The molecule has 0 bridgehead atoms. The zero-order valence-corrected chi connectivity index (χ0v) is 9.07. The Morgan fingerprint density at radius 2 is 2.19 bits per heavy atom. The summed E-state index contributed by atoms with van der Waals surface area (Å²) < 4.78 is 5.65. The summed E-state index contributed by atoms with van der Waals surface area (Å²) in [5.74, 6) is -0.698. The average molecular weight is 224 g/mol. The van der Waals surface area contributed by atoms with E-state index in [1.54, 1.807) is 6.92 Å². The van der Waals surface area contributed by atoms with Crippen LogP contribution in [0.25, 0.3) is 5.70 Å². The number of nitrogens with zero attached hydrogens (tertiary/aromatic N) is 1. The van der Waals surface area contributed by atoms with Crippen LogP contribution in [0, 0.1) is 6.92 Å². The van der Waals surface area contributed by atoms with Crippen molar-refractivity contribution in [3.63, 3.8) is 0 Å². The van der Waals surface area contributed by atoms with Gasteiger partial charge in [0.1, 0.15) is 5.70 Å². The van der Waals surface area contributed by atoms with Crippen LogP contribution >= 0.6 is 0 Å². The van der Waals surface area contributed by atoms with Crippen molar-refractivity contribution in [3.8, 4) is 0 Å². The number of aromatic amines is 1. The highest BCUT2D eigenvalue weighted by atomic mass is 16.5. The van der Waals surface area contributed by atoms with Gasteiger partial charge in [0, 0.05) is 11.8 Å². The first-order valence-electron chi connectivity index (χ1n) is 4.66. The average Bonchev–Trinajstić information content (AvgIpc) is 2.23. The van der Waals surface area contributed by atoms with E-state index in [1.165, 1.54) is 13.1 Å². The molecule has 0 atom stereocenters. The van der Waals surface area contributed by atoms with Crippen molar-refractivity contribution < 1.29 is 9.53 Å². The minimum absolute atomic E-state index is 0.133. The van der Waals surface area contributed by atoms with Crippen LogP contribution in [-0.2, 0) is 9.53 Å². The lowest BCUT2D eigenvalue weighted by Crippen LogP contribution is -2.32. The Kier molecular flexibility index (Phi) is 3.44. The highest BCUT2D eigenvalue weighted by Gasteiger charge is 2.12. The zero-order valence-electron chi connectivity index (χ0n) is 9.07. The van der Waals surface area contributed by atoms with Crippen molar-refractivity contribution in [2.45, 2.75) is 13.8 Å². The molecule has 6 heteroatoms. The molecular weight excluding hydrogens is 212 g/mol. The first kappa shape index (κ1) is 12.0. The number of aryl methyl sites for hydroxylation is 1. The molecule has 0 aromatic carbocycles. The monoisotopic (exact) mass is 224 g/mol. The van der Waals surface area contributed by atoms with Gasteiger partial charge in [-0.25, -0.2) is 9.59 Å². The second-order valence-electron chi connectivity index (χ2n) is 3.11. The molecule has 0 spiro atoms. The van der Waals surface area contributed by atoms with Crippen LogP contribution in [0.1, 0.15) is 12.5 Å². The van der Waals surface area contributed by atoms with Gasteiger partial charge >= 0.3 is 11.7 Å². The summed E-state index contributed by atoms with van der Waals surface area (Å²) in [6.45, 7) is 6.80. The molecule has 1 N–H and O–H groups in total. The molecule has 0 aliphatic rings. The molecule has 0 saturated carbocycles. The number of hydrogen-bond acceptors (Lipinski definition) is 4. The molecule has 86 valence electrons. The van der Waals surface area contributed by atoms with Gasteiger partial charge in [-0.2, -0.15) is 0 Å². The number of carbonyl (C=O) groups is 1. The topological polar surface area (TPSA) is 81.2 Å². The Labute approximate surface area is 91.2 Å². The Balaban J connectivity index is 3.20. The van der Waals surface area contributed by atoms with Gasteiger partial charge in [-0.05, 0) is 13.8 Å². The van der Waals surface area contributed by atoms with Gasteiger partial charge in [-0.15, -0.1) is 0 Å². The number of esters is 1. The fourth-order valence-electron chi connectivity index (χ4n) is 1.08. The van der Waals surface area contributed by atoms with E-state index in [0.29, 0.717) is 5.56 Å². The highest BCUT2D eigenvalue weighted by Crippen LogP contribution is 2.00. The fourth-order valence-corrected chi connectivity index (χ4v) is 1.08. The molecule has 16 heavy (non-hydrogen) atoms. The predicted molar refractivity (Wildman–Crippen MR) is 58.0 cm³/mol. The van der Waals surface area contributed by atoms with Gasteiger partial charge in [-0.1, -0.05) is 6.58 Å². The minimum atomic E-state index is -0.714. The second-order valence-corrected chi connectivity index (χ2v) is 3.11. The normalized spacial score (nSPS) is 9.88. The maximum absolute atomic E-state index is 11.4. The Morgan fingerprint density at radius 1 is 1.56 bits per heavy atom. The fraction of sp³-hybridized carbons (Fsp3) is 0.300. The van der Waals surface area contributed by atoms with Crippen LogP contribution in [0.5, 0.6) is 0 Å². The van der Waals surface area contributed by atoms with Crippen LogP contribution in [0.4, 0.5) is 0 Å². The smallest absolute Gasteiger partial charge is 0.354 e. The lowest BCUT2D eigenvalue weighted by atomic mass is 10.3. The van der Waals surface area contributed by atoms with Gasteiger partial charge < -0.3 is 4.74 Å². The second kappa shape index (κ2) is 4.61. The van der Waals surface area contributed by atoms with E-state index >= 15 is 0 Å². The van der Waals surface area contributed by atoms with Crippen molar-refractivity contribution in [1.29, 1.82) is 0 Å². The van der Waals surface area contributed by atoms with Crippen molar-refractivity contribution >= 4 is 11.7 Å². The standard InChI is InChI=1S/C10H12N2O4/c1-4-16-9(14)7(3)12-5-6(2)8(13)11-10(12)15/h5H,3-4H2,1-2H3,(H,11,13,15). The SMILES string of the molecule is C=C(C(=O)OCC)n1cc(C)c(=O)[nH]c1=O. The number of carbonyl (C=O) groups excluding carboxylic acids is 1. The van der Waals surface area contributed by atoms with Crippen molar-refractivity contribution in [2.24, 2.45) is 0 Å². The van der Waals surface area contributed by atoms with Crippen LogP contribution in [-0.4, -0.2) is 22.1 Å². The van der Waals surface area contributed by atoms with Crippen LogP contribution in [0.15, 0.2) is 22.4 Å². The van der Waals surface area contributed by atoms with E-state index in [9.17, 15) is 14.4 Å². The maximum Gasteiger partial charge on any atom is 0.354 e.